The van der Waals surface area contributed by atoms with Crippen molar-refractivity contribution in [3.63, 3.8) is 0 Å². The predicted molar refractivity (Wildman–Crippen MR) is 113 cm³/mol. The van der Waals surface area contributed by atoms with Crippen LogP contribution < -0.4 is 14.8 Å². The maximum Gasteiger partial charge on any atom is 0.255 e. The zero-order valence-electron chi connectivity index (χ0n) is 16.1. The molecule has 28 heavy (non-hydrogen) atoms. The number of ether oxygens (including phenoxy) is 2. The first kappa shape index (κ1) is 19.8. The highest BCUT2D eigenvalue weighted by molar-refractivity contribution is 6.30. The van der Waals surface area contributed by atoms with Crippen LogP contribution >= 0.6 is 11.6 Å². The molecule has 0 aromatic heterocycles. The average Bonchev–Trinajstić information content (AvgIpc) is 2.68. The van der Waals surface area contributed by atoms with E-state index in [9.17, 15) is 4.79 Å². The quantitative estimate of drug-likeness (QED) is 0.574. The fourth-order valence-corrected chi connectivity index (χ4v) is 2.96. The van der Waals surface area contributed by atoms with E-state index < -0.39 is 0 Å². The van der Waals surface area contributed by atoms with E-state index in [-0.39, 0.29) is 5.91 Å². The molecule has 4 nitrogen and oxygen atoms in total. The second-order valence-corrected chi connectivity index (χ2v) is 6.96. The summed E-state index contributed by atoms with van der Waals surface area (Å²) in [4.78, 5) is 12.6. The van der Waals surface area contributed by atoms with E-state index in [1.165, 1.54) is 11.1 Å². The lowest BCUT2D eigenvalue weighted by Gasteiger charge is -2.13. The fourth-order valence-electron chi connectivity index (χ4n) is 2.77. The van der Waals surface area contributed by atoms with Crippen LogP contribution in [-0.4, -0.2) is 13.0 Å². The van der Waals surface area contributed by atoms with Crippen LogP contribution in [0.2, 0.25) is 5.02 Å². The zero-order valence-corrected chi connectivity index (χ0v) is 16.8. The monoisotopic (exact) mass is 395 g/mol. The molecule has 1 amide bonds. The molecule has 0 spiro atoms. The molecule has 3 aromatic carbocycles. The zero-order chi connectivity index (χ0) is 20.1. The molecule has 0 bridgehead atoms. The van der Waals surface area contributed by atoms with Crippen LogP contribution in [0.3, 0.4) is 0 Å². The Hall–Kier alpha value is -2.98. The summed E-state index contributed by atoms with van der Waals surface area (Å²) in [6, 6.07) is 18.3. The van der Waals surface area contributed by atoms with Crippen LogP contribution in [-0.2, 0) is 6.61 Å². The summed E-state index contributed by atoms with van der Waals surface area (Å²) in [7, 11) is 1.60. The minimum Gasteiger partial charge on any atom is -0.496 e. The Bertz CT molecular complexity index is 1000. The van der Waals surface area contributed by atoms with Gasteiger partial charge in [-0.05, 0) is 73.5 Å². The van der Waals surface area contributed by atoms with E-state index in [2.05, 4.69) is 12.2 Å². The normalized spacial score (nSPS) is 10.4. The highest BCUT2D eigenvalue weighted by Crippen LogP contribution is 2.24. The molecule has 0 saturated carbocycles. The summed E-state index contributed by atoms with van der Waals surface area (Å²) in [5.74, 6) is 1.22. The van der Waals surface area contributed by atoms with Crippen LogP contribution in [0, 0.1) is 13.8 Å². The molecule has 3 aromatic rings. The molecule has 0 radical (unpaired) electrons. The third-order valence-electron chi connectivity index (χ3n) is 4.50. The van der Waals surface area contributed by atoms with Gasteiger partial charge in [-0.1, -0.05) is 23.7 Å². The molecule has 1 N–H and O–H groups in total. The van der Waals surface area contributed by atoms with E-state index in [1.54, 1.807) is 49.6 Å². The van der Waals surface area contributed by atoms with Gasteiger partial charge in [0.1, 0.15) is 18.1 Å². The van der Waals surface area contributed by atoms with Gasteiger partial charge >= 0.3 is 0 Å². The second kappa shape index (κ2) is 8.81. The van der Waals surface area contributed by atoms with Crippen molar-refractivity contribution in [1.82, 2.24) is 0 Å². The highest BCUT2D eigenvalue weighted by atomic mass is 35.5. The molecule has 0 aliphatic carbocycles. The molecule has 0 saturated heterocycles. The van der Waals surface area contributed by atoms with Crippen LogP contribution in [0.15, 0.2) is 60.7 Å². The van der Waals surface area contributed by atoms with Crippen LogP contribution in [0.4, 0.5) is 5.69 Å². The average molecular weight is 396 g/mol. The molecule has 0 atom stereocenters. The Morgan fingerprint density at radius 3 is 2.54 bits per heavy atom. The standard InChI is InChI=1S/C23H22ClNO3/c1-15-7-9-21(11-16(15)2)28-14-18-12-17(8-10-22(18)27-3)23(26)25-20-6-4-5-19(24)13-20/h4-13H,14H2,1-3H3,(H,25,26). The number of hydrogen-bond donors (Lipinski definition) is 1. The summed E-state index contributed by atoms with van der Waals surface area (Å²) >= 11 is 5.98. The molecule has 144 valence electrons. The first-order valence-corrected chi connectivity index (χ1v) is 9.28. The number of carbonyl (C=O) groups is 1. The molecular formula is C23H22ClNO3. The highest BCUT2D eigenvalue weighted by Gasteiger charge is 2.12. The van der Waals surface area contributed by atoms with Gasteiger partial charge in [0.25, 0.3) is 5.91 Å². The third-order valence-corrected chi connectivity index (χ3v) is 4.73. The summed E-state index contributed by atoms with van der Waals surface area (Å²) in [6.07, 6.45) is 0. The topological polar surface area (TPSA) is 47.6 Å². The molecule has 0 heterocycles. The van der Waals surface area contributed by atoms with Gasteiger partial charge in [-0.15, -0.1) is 0 Å². The van der Waals surface area contributed by atoms with Gasteiger partial charge in [0.05, 0.1) is 7.11 Å². The Morgan fingerprint density at radius 1 is 1.00 bits per heavy atom. The number of hydrogen-bond acceptors (Lipinski definition) is 3. The molecular weight excluding hydrogens is 374 g/mol. The first-order chi connectivity index (χ1) is 13.5. The Balaban J connectivity index is 1.77. The number of methoxy groups -OCH3 is 1. The van der Waals surface area contributed by atoms with Crippen molar-refractivity contribution in [2.75, 3.05) is 12.4 Å². The summed E-state index contributed by atoms with van der Waals surface area (Å²) in [6.45, 7) is 4.40. The first-order valence-electron chi connectivity index (χ1n) is 8.90. The largest absolute Gasteiger partial charge is 0.496 e. The van der Waals surface area contributed by atoms with Gasteiger partial charge in [0, 0.05) is 21.8 Å². The van der Waals surface area contributed by atoms with Crippen molar-refractivity contribution in [3.8, 4) is 11.5 Å². The van der Waals surface area contributed by atoms with Crippen molar-refractivity contribution >= 4 is 23.2 Å². The predicted octanol–water partition coefficient (Wildman–Crippen LogP) is 5.80. The van der Waals surface area contributed by atoms with Crippen molar-refractivity contribution in [2.24, 2.45) is 0 Å². The van der Waals surface area contributed by atoms with Gasteiger partial charge in [-0.3, -0.25) is 4.79 Å². The Morgan fingerprint density at radius 2 is 1.82 bits per heavy atom. The van der Waals surface area contributed by atoms with E-state index in [0.29, 0.717) is 28.6 Å². The van der Waals surface area contributed by atoms with Crippen molar-refractivity contribution in [2.45, 2.75) is 20.5 Å². The molecule has 3 rings (SSSR count). The van der Waals surface area contributed by atoms with Gasteiger partial charge < -0.3 is 14.8 Å². The second-order valence-electron chi connectivity index (χ2n) is 6.53. The molecule has 0 aliphatic rings. The number of benzene rings is 3. The molecule has 0 unspecified atom stereocenters. The smallest absolute Gasteiger partial charge is 0.255 e. The lowest BCUT2D eigenvalue weighted by molar-refractivity contribution is 0.102. The van der Waals surface area contributed by atoms with E-state index in [4.69, 9.17) is 21.1 Å². The van der Waals surface area contributed by atoms with Crippen LogP contribution in [0.25, 0.3) is 0 Å². The number of aryl methyl sites for hydroxylation is 2. The van der Waals surface area contributed by atoms with Crippen molar-refractivity contribution in [3.05, 3.63) is 87.9 Å². The van der Waals surface area contributed by atoms with Crippen molar-refractivity contribution in [1.29, 1.82) is 0 Å². The Labute approximate surface area is 170 Å². The number of nitrogens with one attached hydrogen (secondary N) is 1. The molecule has 0 fully saturated rings. The minimum atomic E-state index is -0.225. The molecule has 0 aliphatic heterocycles. The van der Waals surface area contributed by atoms with Gasteiger partial charge in [-0.25, -0.2) is 0 Å². The Kier molecular flexibility index (Phi) is 6.22. The number of amides is 1. The van der Waals surface area contributed by atoms with Crippen LogP contribution in [0.1, 0.15) is 27.0 Å². The summed E-state index contributed by atoms with van der Waals surface area (Å²) in [5, 5.41) is 3.41. The number of carbonyl (C=O) groups excluding carboxylic acids is 1. The lowest BCUT2D eigenvalue weighted by Crippen LogP contribution is -2.12. The maximum atomic E-state index is 12.6. The van der Waals surface area contributed by atoms with Gasteiger partial charge in [0.15, 0.2) is 0 Å². The van der Waals surface area contributed by atoms with Gasteiger partial charge in [0.2, 0.25) is 0 Å². The number of halogens is 1. The molecule has 5 heteroatoms. The van der Waals surface area contributed by atoms with E-state index in [0.717, 1.165) is 11.3 Å². The van der Waals surface area contributed by atoms with Crippen molar-refractivity contribution < 1.29 is 14.3 Å². The number of rotatable bonds is 6. The lowest BCUT2D eigenvalue weighted by atomic mass is 10.1. The van der Waals surface area contributed by atoms with E-state index in [1.807, 2.05) is 25.1 Å². The summed E-state index contributed by atoms with van der Waals surface area (Å²) in [5.41, 5.74) is 4.32. The fraction of sp³-hybridized carbons (Fsp3) is 0.174. The number of anilines is 1. The third kappa shape index (κ3) is 4.84. The minimum absolute atomic E-state index is 0.225. The SMILES string of the molecule is COc1ccc(C(=O)Nc2cccc(Cl)c2)cc1COc1ccc(C)c(C)c1. The maximum absolute atomic E-state index is 12.6. The van der Waals surface area contributed by atoms with E-state index >= 15 is 0 Å². The summed E-state index contributed by atoms with van der Waals surface area (Å²) < 4.78 is 11.3. The van der Waals surface area contributed by atoms with Crippen LogP contribution in [0.5, 0.6) is 11.5 Å². The van der Waals surface area contributed by atoms with Gasteiger partial charge in [-0.2, -0.15) is 0 Å².